The molecule has 184 valence electrons. The molecule has 0 saturated carbocycles. The topological polar surface area (TPSA) is 26.3 Å². The van der Waals surface area contributed by atoms with E-state index in [9.17, 15) is 0 Å². The van der Waals surface area contributed by atoms with Crippen LogP contribution in [0.1, 0.15) is 13.8 Å². The third kappa shape index (κ3) is 4.10. The van der Waals surface area contributed by atoms with E-state index in [4.69, 9.17) is 8.83 Å². The second-order valence-electron chi connectivity index (χ2n) is 8.92. The first-order valence-electron chi connectivity index (χ1n) is 13.1. The van der Waals surface area contributed by atoms with E-state index in [1.54, 1.807) is 0 Å². The number of benzene rings is 5. The summed E-state index contributed by atoms with van der Waals surface area (Å²) in [6.45, 7) is 4.00. The van der Waals surface area contributed by atoms with Gasteiger partial charge in [-0.25, -0.2) is 0 Å². The van der Waals surface area contributed by atoms with Crippen molar-refractivity contribution in [1.29, 1.82) is 0 Å². The summed E-state index contributed by atoms with van der Waals surface area (Å²) in [6.07, 6.45) is 0. The van der Waals surface area contributed by atoms with Gasteiger partial charge in [0.2, 0.25) is 0 Å². The molecular weight excluding hydrogens is 464 g/mol. The molecule has 38 heavy (non-hydrogen) atoms. The van der Waals surface area contributed by atoms with Crippen LogP contribution >= 0.6 is 0 Å². The molecule has 2 nitrogen and oxygen atoms in total. The number of hydrogen-bond acceptors (Lipinski definition) is 2. The van der Waals surface area contributed by atoms with Crippen LogP contribution in [-0.2, 0) is 0 Å². The molecule has 0 spiro atoms. The van der Waals surface area contributed by atoms with Gasteiger partial charge in [-0.05, 0) is 23.3 Å². The Balaban J connectivity index is 0.00000129. The maximum absolute atomic E-state index is 6.61. The highest BCUT2D eigenvalue weighted by molar-refractivity contribution is 6.11. The van der Waals surface area contributed by atoms with Crippen molar-refractivity contribution in [3.63, 3.8) is 0 Å². The van der Waals surface area contributed by atoms with E-state index in [1.807, 2.05) is 62.4 Å². The van der Waals surface area contributed by atoms with E-state index in [2.05, 4.69) is 84.9 Å². The zero-order valence-electron chi connectivity index (χ0n) is 21.5. The smallest absolute Gasteiger partial charge is 0.143 e. The van der Waals surface area contributed by atoms with Crippen molar-refractivity contribution >= 4 is 21.9 Å². The Labute approximate surface area is 222 Å². The minimum Gasteiger partial charge on any atom is -0.455 e. The molecule has 0 aliphatic rings. The Morgan fingerprint density at radius 3 is 0.974 bits per heavy atom. The monoisotopic (exact) mass is 492 g/mol. The summed E-state index contributed by atoms with van der Waals surface area (Å²) in [6, 6.07) is 45.8. The van der Waals surface area contributed by atoms with Crippen molar-refractivity contribution in [1.82, 2.24) is 0 Å². The van der Waals surface area contributed by atoms with E-state index >= 15 is 0 Å². The summed E-state index contributed by atoms with van der Waals surface area (Å²) in [7, 11) is 0. The van der Waals surface area contributed by atoms with Crippen LogP contribution in [0.25, 0.3) is 66.8 Å². The van der Waals surface area contributed by atoms with Crippen molar-refractivity contribution in [2.24, 2.45) is 0 Å². The van der Waals surface area contributed by atoms with Gasteiger partial charge in [0.05, 0.1) is 0 Å². The molecule has 0 saturated heterocycles. The van der Waals surface area contributed by atoms with Gasteiger partial charge in [0.1, 0.15) is 22.7 Å². The molecule has 0 unspecified atom stereocenters. The van der Waals surface area contributed by atoms with Gasteiger partial charge in [0.15, 0.2) is 0 Å². The standard InChI is InChI=1S/C34H22O2.C2H6/c1-5-13-23(14-6-1)31-27-21-30-28(22-29(27)35-33(31)25-17-9-3-10-18-25)32(24-15-7-2-8-16-24)34(36-30)26-19-11-4-12-20-26;1-2/h1-22H;1-2H3. The molecule has 0 aliphatic heterocycles. The molecule has 0 aliphatic carbocycles. The van der Waals surface area contributed by atoms with Gasteiger partial charge in [-0.1, -0.05) is 135 Å². The van der Waals surface area contributed by atoms with Crippen molar-refractivity contribution in [3.05, 3.63) is 133 Å². The third-order valence-corrected chi connectivity index (χ3v) is 6.70. The molecule has 7 aromatic rings. The fourth-order valence-electron chi connectivity index (χ4n) is 5.05. The summed E-state index contributed by atoms with van der Waals surface area (Å²) in [5.41, 5.74) is 8.20. The highest BCUT2D eigenvalue weighted by atomic mass is 16.3. The molecular formula is C36H28O2. The number of furan rings is 2. The van der Waals surface area contributed by atoms with Gasteiger partial charge in [-0.2, -0.15) is 0 Å². The lowest BCUT2D eigenvalue weighted by Crippen LogP contribution is -1.81. The first-order valence-corrected chi connectivity index (χ1v) is 13.1. The summed E-state index contributed by atoms with van der Waals surface area (Å²) in [5.74, 6) is 1.74. The van der Waals surface area contributed by atoms with Gasteiger partial charge in [0.25, 0.3) is 0 Å². The van der Waals surface area contributed by atoms with Crippen LogP contribution < -0.4 is 0 Å². The maximum Gasteiger partial charge on any atom is 0.143 e. The van der Waals surface area contributed by atoms with E-state index in [1.165, 1.54) is 0 Å². The van der Waals surface area contributed by atoms with Crippen LogP contribution in [0.2, 0.25) is 0 Å². The number of fused-ring (bicyclic) bond motifs is 2. The van der Waals surface area contributed by atoms with E-state index in [0.717, 1.165) is 66.8 Å². The molecule has 0 amide bonds. The number of rotatable bonds is 4. The van der Waals surface area contributed by atoms with Crippen LogP contribution in [0.3, 0.4) is 0 Å². The third-order valence-electron chi connectivity index (χ3n) is 6.70. The van der Waals surface area contributed by atoms with Crippen molar-refractivity contribution in [2.75, 3.05) is 0 Å². The molecule has 0 radical (unpaired) electrons. The average Bonchev–Trinajstić information content (AvgIpc) is 3.57. The van der Waals surface area contributed by atoms with Gasteiger partial charge in [-0.3, -0.25) is 0 Å². The lowest BCUT2D eigenvalue weighted by Gasteiger charge is -2.04. The summed E-state index contributed by atoms with van der Waals surface area (Å²) in [4.78, 5) is 0. The lowest BCUT2D eigenvalue weighted by molar-refractivity contribution is 0.628. The second kappa shape index (κ2) is 10.3. The van der Waals surface area contributed by atoms with E-state index in [-0.39, 0.29) is 0 Å². The SMILES string of the molecule is CC.c1ccc(-c2oc3cc4c(-c5ccccc5)c(-c5ccccc5)oc4cc3c2-c2ccccc2)cc1. The minimum absolute atomic E-state index is 0.845. The van der Waals surface area contributed by atoms with Gasteiger partial charge in [0, 0.05) is 33.0 Å². The highest BCUT2D eigenvalue weighted by Crippen LogP contribution is 2.46. The largest absolute Gasteiger partial charge is 0.455 e. The van der Waals surface area contributed by atoms with E-state index < -0.39 is 0 Å². The van der Waals surface area contributed by atoms with Crippen LogP contribution in [-0.4, -0.2) is 0 Å². The normalized spacial score (nSPS) is 10.9. The second-order valence-corrected chi connectivity index (χ2v) is 8.92. The summed E-state index contributed by atoms with van der Waals surface area (Å²) < 4.78 is 13.2. The molecule has 2 heterocycles. The van der Waals surface area contributed by atoms with Crippen molar-refractivity contribution in [2.45, 2.75) is 13.8 Å². The quantitative estimate of drug-likeness (QED) is 0.244. The van der Waals surface area contributed by atoms with Crippen LogP contribution in [0.4, 0.5) is 0 Å². The van der Waals surface area contributed by atoms with Gasteiger partial charge < -0.3 is 8.83 Å². The Bertz CT molecular complexity index is 1660. The fourth-order valence-corrected chi connectivity index (χ4v) is 5.05. The van der Waals surface area contributed by atoms with E-state index in [0.29, 0.717) is 0 Å². The minimum atomic E-state index is 0.845. The van der Waals surface area contributed by atoms with Crippen LogP contribution in [0.15, 0.2) is 142 Å². The van der Waals surface area contributed by atoms with Crippen LogP contribution in [0.5, 0.6) is 0 Å². The zero-order chi connectivity index (χ0) is 25.9. The Kier molecular flexibility index (Phi) is 6.37. The average molecular weight is 493 g/mol. The van der Waals surface area contributed by atoms with Gasteiger partial charge in [-0.15, -0.1) is 0 Å². The molecule has 0 bridgehead atoms. The predicted octanol–water partition coefficient (Wildman–Crippen LogP) is 10.9. The number of hydrogen-bond donors (Lipinski definition) is 0. The Morgan fingerprint density at radius 2 is 0.658 bits per heavy atom. The van der Waals surface area contributed by atoms with Gasteiger partial charge >= 0.3 is 0 Å². The molecule has 7 rings (SSSR count). The molecule has 0 atom stereocenters. The maximum atomic E-state index is 6.61. The van der Waals surface area contributed by atoms with Crippen molar-refractivity contribution in [3.8, 4) is 44.9 Å². The first kappa shape index (κ1) is 23.6. The Hall–Kier alpha value is -4.82. The summed E-state index contributed by atoms with van der Waals surface area (Å²) in [5, 5.41) is 2.08. The van der Waals surface area contributed by atoms with Crippen LogP contribution in [0, 0.1) is 0 Å². The first-order chi connectivity index (χ1) is 18.9. The highest BCUT2D eigenvalue weighted by Gasteiger charge is 2.23. The Morgan fingerprint density at radius 1 is 0.368 bits per heavy atom. The molecule has 0 fully saturated rings. The molecule has 2 heteroatoms. The zero-order valence-corrected chi connectivity index (χ0v) is 21.5. The molecule has 5 aromatic carbocycles. The fraction of sp³-hybridized carbons (Fsp3) is 0.0556. The summed E-state index contributed by atoms with van der Waals surface area (Å²) >= 11 is 0. The molecule has 0 N–H and O–H groups in total. The molecule has 2 aromatic heterocycles. The van der Waals surface area contributed by atoms with Crippen molar-refractivity contribution < 1.29 is 8.83 Å². The predicted molar refractivity (Wildman–Crippen MR) is 159 cm³/mol. The lowest BCUT2D eigenvalue weighted by atomic mass is 9.96.